The summed E-state index contributed by atoms with van der Waals surface area (Å²) in [4.78, 5) is 5.78. The molecule has 2 aromatic heterocycles. The summed E-state index contributed by atoms with van der Waals surface area (Å²) < 4.78 is 17.5. The van der Waals surface area contributed by atoms with Gasteiger partial charge in [-0.1, -0.05) is 0 Å². The fourth-order valence-corrected chi connectivity index (χ4v) is 4.36. The van der Waals surface area contributed by atoms with Gasteiger partial charge in [-0.25, -0.2) is 9.37 Å². The molecule has 2 nitrogen and oxygen atoms in total. The van der Waals surface area contributed by atoms with Crippen LogP contribution in [0.25, 0.3) is 11.0 Å². The van der Waals surface area contributed by atoms with Gasteiger partial charge in [0.2, 0.25) is 0 Å². The van der Waals surface area contributed by atoms with Crippen LogP contribution in [0.15, 0.2) is 28.1 Å². The molecular formula is C14H10BrClFIN2S. The van der Waals surface area contributed by atoms with Crippen LogP contribution in [0, 0.1) is 9.39 Å². The quantitative estimate of drug-likeness (QED) is 0.338. The average molecular weight is 500 g/mol. The summed E-state index contributed by atoms with van der Waals surface area (Å²) in [5, 5.41) is 0. The van der Waals surface area contributed by atoms with Crippen LogP contribution in [0.3, 0.4) is 0 Å². The van der Waals surface area contributed by atoms with Gasteiger partial charge in [0, 0.05) is 17.5 Å². The molecule has 3 aromatic rings. The number of fused-ring (bicyclic) bond motifs is 1. The Hall–Kier alpha value is -0.180. The predicted octanol–water partition coefficient (Wildman–Crippen LogP) is 5.59. The SMILES string of the molecule is Fc1cc2c(cc1I)nc(CCl)n2CCc1ccc(Br)s1. The van der Waals surface area contributed by atoms with E-state index in [4.69, 9.17) is 11.6 Å². The molecule has 3 rings (SSSR count). The van der Waals surface area contributed by atoms with Crippen molar-refractivity contribution in [1.82, 2.24) is 9.55 Å². The first-order chi connectivity index (χ1) is 10.1. The maximum atomic E-state index is 13.8. The normalized spacial score (nSPS) is 11.4. The van der Waals surface area contributed by atoms with Crippen molar-refractivity contribution in [1.29, 1.82) is 0 Å². The topological polar surface area (TPSA) is 17.8 Å². The van der Waals surface area contributed by atoms with Crippen molar-refractivity contribution in [3.05, 3.63) is 48.1 Å². The van der Waals surface area contributed by atoms with Crippen molar-refractivity contribution in [2.45, 2.75) is 18.8 Å². The number of imidazole rings is 1. The molecule has 0 fully saturated rings. The molecule has 7 heteroatoms. The molecule has 2 heterocycles. The van der Waals surface area contributed by atoms with Gasteiger partial charge in [-0.2, -0.15) is 0 Å². The Kier molecular flexibility index (Phi) is 4.87. The van der Waals surface area contributed by atoms with Gasteiger partial charge in [0.25, 0.3) is 0 Å². The van der Waals surface area contributed by atoms with E-state index in [9.17, 15) is 4.39 Å². The molecule has 21 heavy (non-hydrogen) atoms. The number of nitrogens with zero attached hydrogens (tertiary/aromatic N) is 2. The minimum Gasteiger partial charge on any atom is -0.327 e. The standard InChI is InChI=1S/C14H10BrClFIN2S/c15-13-2-1-8(21-13)3-4-20-12-5-9(17)10(18)6-11(12)19-14(20)7-16/h1-2,5-6H,3-4,7H2. The van der Waals surface area contributed by atoms with E-state index in [1.54, 1.807) is 23.5 Å². The third-order valence-corrected chi connectivity index (χ3v) is 5.95. The van der Waals surface area contributed by atoms with E-state index in [1.807, 2.05) is 33.2 Å². The Morgan fingerprint density at radius 1 is 1.38 bits per heavy atom. The van der Waals surface area contributed by atoms with Crippen molar-refractivity contribution < 1.29 is 4.39 Å². The lowest BCUT2D eigenvalue weighted by atomic mass is 10.3. The maximum absolute atomic E-state index is 13.8. The first kappa shape index (κ1) is 15.7. The number of rotatable bonds is 4. The highest BCUT2D eigenvalue weighted by molar-refractivity contribution is 14.1. The van der Waals surface area contributed by atoms with E-state index in [0.717, 1.165) is 33.6 Å². The Morgan fingerprint density at radius 3 is 2.86 bits per heavy atom. The number of thiophene rings is 1. The highest BCUT2D eigenvalue weighted by atomic mass is 127. The van der Waals surface area contributed by atoms with Crippen LogP contribution < -0.4 is 0 Å². The molecule has 0 atom stereocenters. The van der Waals surface area contributed by atoms with Gasteiger partial charge in [0.05, 0.1) is 24.3 Å². The first-order valence-electron chi connectivity index (χ1n) is 6.23. The minimum atomic E-state index is -0.218. The predicted molar refractivity (Wildman–Crippen MR) is 97.7 cm³/mol. The van der Waals surface area contributed by atoms with E-state index >= 15 is 0 Å². The van der Waals surface area contributed by atoms with Gasteiger partial charge < -0.3 is 4.57 Å². The van der Waals surface area contributed by atoms with Gasteiger partial charge >= 0.3 is 0 Å². The summed E-state index contributed by atoms with van der Waals surface area (Å²) in [7, 11) is 0. The third kappa shape index (κ3) is 3.28. The number of hydrogen-bond acceptors (Lipinski definition) is 2. The second-order valence-corrected chi connectivity index (χ2v) is 8.50. The number of halogens is 4. The number of alkyl halides is 1. The highest BCUT2D eigenvalue weighted by Gasteiger charge is 2.13. The van der Waals surface area contributed by atoms with Crippen LogP contribution in [0.4, 0.5) is 4.39 Å². The zero-order valence-electron chi connectivity index (χ0n) is 10.7. The molecule has 0 saturated carbocycles. The van der Waals surface area contributed by atoms with Crippen LogP contribution >= 0.6 is 61.5 Å². The van der Waals surface area contributed by atoms with Crippen molar-refractivity contribution in [2.24, 2.45) is 0 Å². The van der Waals surface area contributed by atoms with Crippen molar-refractivity contribution in [3.63, 3.8) is 0 Å². The molecule has 0 saturated heterocycles. The van der Waals surface area contributed by atoms with E-state index in [-0.39, 0.29) is 5.82 Å². The molecule has 0 aliphatic rings. The van der Waals surface area contributed by atoms with Gasteiger partial charge in [-0.15, -0.1) is 22.9 Å². The number of aryl methyl sites for hydroxylation is 2. The lowest BCUT2D eigenvalue weighted by molar-refractivity contribution is 0.619. The van der Waals surface area contributed by atoms with Crippen LogP contribution in [0.2, 0.25) is 0 Å². The Bertz CT molecular complexity index is 802. The molecule has 1 aromatic carbocycles. The third-order valence-electron chi connectivity index (χ3n) is 3.20. The second-order valence-electron chi connectivity index (χ2n) is 4.52. The van der Waals surface area contributed by atoms with Crippen molar-refractivity contribution in [2.75, 3.05) is 0 Å². The number of benzene rings is 1. The molecule has 0 spiro atoms. The van der Waals surface area contributed by atoms with Gasteiger partial charge in [0.1, 0.15) is 11.6 Å². The summed E-state index contributed by atoms with van der Waals surface area (Å²) in [5.74, 6) is 0.883. The van der Waals surface area contributed by atoms with Crippen LogP contribution in [-0.2, 0) is 18.8 Å². The molecule has 0 N–H and O–H groups in total. The van der Waals surface area contributed by atoms with Crippen LogP contribution in [-0.4, -0.2) is 9.55 Å². The highest BCUT2D eigenvalue weighted by Crippen LogP contribution is 2.25. The van der Waals surface area contributed by atoms with Crippen molar-refractivity contribution >= 4 is 72.5 Å². The zero-order valence-corrected chi connectivity index (χ0v) is 16.1. The first-order valence-corrected chi connectivity index (χ1v) is 9.45. The van der Waals surface area contributed by atoms with Gasteiger partial charge in [-0.3, -0.25) is 0 Å². The number of aromatic nitrogens is 2. The van der Waals surface area contributed by atoms with Crippen LogP contribution in [0.1, 0.15) is 10.7 Å². The smallest absolute Gasteiger partial charge is 0.138 e. The summed E-state index contributed by atoms with van der Waals surface area (Å²) in [6, 6.07) is 7.44. The molecule has 0 bridgehead atoms. The molecule has 0 aliphatic carbocycles. The number of hydrogen-bond donors (Lipinski definition) is 0. The maximum Gasteiger partial charge on any atom is 0.138 e. The summed E-state index contributed by atoms with van der Waals surface area (Å²) in [5.41, 5.74) is 1.60. The fourth-order valence-electron chi connectivity index (χ4n) is 2.23. The molecule has 110 valence electrons. The fraction of sp³-hybridized carbons (Fsp3) is 0.214. The summed E-state index contributed by atoms with van der Waals surface area (Å²) in [6.45, 7) is 0.742. The Balaban J connectivity index is 1.97. The molecule has 0 aliphatic heterocycles. The lowest BCUT2D eigenvalue weighted by Crippen LogP contribution is -2.04. The Morgan fingerprint density at radius 2 is 2.19 bits per heavy atom. The Labute approximate surface area is 152 Å². The molecular weight excluding hydrogens is 489 g/mol. The van der Waals surface area contributed by atoms with E-state index in [0.29, 0.717) is 9.45 Å². The molecule has 0 radical (unpaired) electrons. The second kappa shape index (κ2) is 6.52. The van der Waals surface area contributed by atoms with Crippen LogP contribution in [0.5, 0.6) is 0 Å². The van der Waals surface area contributed by atoms with Gasteiger partial charge in [0.15, 0.2) is 0 Å². The lowest BCUT2D eigenvalue weighted by Gasteiger charge is -2.07. The van der Waals surface area contributed by atoms with E-state index in [2.05, 4.69) is 27.0 Å². The summed E-state index contributed by atoms with van der Waals surface area (Å²) >= 11 is 13.1. The van der Waals surface area contributed by atoms with Gasteiger partial charge in [-0.05, 0) is 63.1 Å². The monoisotopic (exact) mass is 498 g/mol. The van der Waals surface area contributed by atoms with Crippen molar-refractivity contribution in [3.8, 4) is 0 Å². The summed E-state index contributed by atoms with van der Waals surface area (Å²) in [6.07, 6.45) is 0.874. The van der Waals surface area contributed by atoms with E-state index < -0.39 is 0 Å². The van der Waals surface area contributed by atoms with E-state index in [1.165, 1.54) is 4.88 Å². The largest absolute Gasteiger partial charge is 0.327 e. The average Bonchev–Trinajstić information content (AvgIpc) is 3.01. The minimum absolute atomic E-state index is 0.218. The molecule has 0 unspecified atom stereocenters. The zero-order chi connectivity index (χ0) is 15.0. The molecule has 0 amide bonds.